The van der Waals surface area contributed by atoms with Crippen LogP contribution in [0.4, 0.5) is 0 Å². The molecule has 0 aromatic rings. The van der Waals surface area contributed by atoms with E-state index >= 15 is 0 Å². The lowest BCUT2D eigenvalue weighted by Gasteiger charge is -2.43. The van der Waals surface area contributed by atoms with Gasteiger partial charge in [0.1, 0.15) is 0 Å². The van der Waals surface area contributed by atoms with Crippen molar-refractivity contribution in [1.82, 2.24) is 0 Å². The minimum absolute atomic E-state index is 0.171. The van der Waals surface area contributed by atoms with Crippen LogP contribution in [-0.2, 0) is 4.79 Å². The van der Waals surface area contributed by atoms with Crippen LogP contribution >= 0.6 is 0 Å². The zero-order valence-electron chi connectivity index (χ0n) is 12.4. The van der Waals surface area contributed by atoms with Gasteiger partial charge < -0.3 is 5.11 Å². The molecule has 0 saturated heterocycles. The summed E-state index contributed by atoms with van der Waals surface area (Å²) in [6.07, 6.45) is 9.44. The maximum Gasteiger partial charge on any atom is 0.181 e. The van der Waals surface area contributed by atoms with Crippen molar-refractivity contribution in [3.63, 3.8) is 0 Å². The number of carbonyl (C=O) groups is 1. The molecule has 0 heterocycles. The van der Waals surface area contributed by atoms with Crippen molar-refractivity contribution in [2.45, 2.75) is 65.4 Å². The van der Waals surface area contributed by atoms with E-state index in [2.05, 4.69) is 26.8 Å². The van der Waals surface area contributed by atoms with Gasteiger partial charge in [-0.25, -0.2) is 0 Å². The summed E-state index contributed by atoms with van der Waals surface area (Å²) in [6, 6.07) is 0. The number of hydrogen-bond acceptors (Lipinski definition) is 2. The van der Waals surface area contributed by atoms with E-state index in [0.29, 0.717) is 12.3 Å². The van der Waals surface area contributed by atoms with Gasteiger partial charge in [-0.3, -0.25) is 4.79 Å². The predicted molar refractivity (Wildman–Crippen MR) is 77.8 cm³/mol. The summed E-state index contributed by atoms with van der Waals surface area (Å²) in [4.78, 5) is 12.2. The molecule has 2 aliphatic carbocycles. The first-order valence-corrected chi connectivity index (χ1v) is 7.61. The Bertz CT molecular complexity index is 419. The molecule has 1 unspecified atom stereocenters. The molecular formula is C17H26O2. The number of carbonyl (C=O) groups excluding carboxylic acids is 1. The number of allylic oxidation sites excluding steroid dienone is 3. The van der Waals surface area contributed by atoms with Crippen LogP contribution < -0.4 is 0 Å². The third kappa shape index (κ3) is 2.84. The zero-order valence-corrected chi connectivity index (χ0v) is 12.4. The van der Waals surface area contributed by atoms with E-state index in [9.17, 15) is 9.90 Å². The third-order valence-electron chi connectivity index (χ3n) is 4.80. The van der Waals surface area contributed by atoms with Crippen LogP contribution in [0, 0.1) is 11.3 Å². The first-order valence-electron chi connectivity index (χ1n) is 7.61. The van der Waals surface area contributed by atoms with Gasteiger partial charge in [-0.2, -0.15) is 0 Å². The summed E-state index contributed by atoms with van der Waals surface area (Å²) >= 11 is 0. The molecule has 1 N–H and O–H groups in total. The minimum Gasteiger partial charge on any atom is -0.392 e. The van der Waals surface area contributed by atoms with E-state index in [0.717, 1.165) is 43.3 Å². The van der Waals surface area contributed by atoms with Gasteiger partial charge in [0.2, 0.25) is 0 Å². The van der Waals surface area contributed by atoms with Crippen LogP contribution in [0.25, 0.3) is 0 Å². The van der Waals surface area contributed by atoms with Gasteiger partial charge in [0, 0.05) is 5.41 Å². The van der Waals surface area contributed by atoms with Gasteiger partial charge in [-0.15, -0.1) is 0 Å². The fraction of sp³-hybridized carbons (Fsp3) is 0.706. The van der Waals surface area contributed by atoms with E-state index in [1.807, 2.05) is 0 Å². The Balaban J connectivity index is 2.27. The van der Waals surface area contributed by atoms with Gasteiger partial charge in [0.25, 0.3) is 0 Å². The van der Waals surface area contributed by atoms with Crippen LogP contribution in [-0.4, -0.2) is 17.0 Å². The van der Waals surface area contributed by atoms with Gasteiger partial charge in [0.15, 0.2) is 5.78 Å². The largest absolute Gasteiger partial charge is 0.392 e. The van der Waals surface area contributed by atoms with Gasteiger partial charge >= 0.3 is 0 Å². The summed E-state index contributed by atoms with van der Waals surface area (Å²) in [5, 5.41) is 10.3. The minimum atomic E-state index is -0.300. The molecule has 2 heteroatoms. The Labute approximate surface area is 116 Å². The van der Waals surface area contributed by atoms with Crippen LogP contribution in [0.5, 0.6) is 0 Å². The maximum absolute atomic E-state index is 12.2. The Morgan fingerprint density at radius 3 is 3.00 bits per heavy atom. The first kappa shape index (κ1) is 14.5. The highest BCUT2D eigenvalue weighted by atomic mass is 16.3. The number of aliphatic hydroxyl groups is 1. The van der Waals surface area contributed by atoms with Crippen molar-refractivity contribution < 1.29 is 9.90 Å². The Hall–Kier alpha value is -0.890. The number of rotatable bonds is 3. The Morgan fingerprint density at radius 2 is 2.32 bits per heavy atom. The summed E-state index contributed by atoms with van der Waals surface area (Å²) < 4.78 is 0. The quantitative estimate of drug-likeness (QED) is 0.785. The normalized spacial score (nSPS) is 34.9. The van der Waals surface area contributed by atoms with E-state index in [-0.39, 0.29) is 17.3 Å². The molecule has 3 atom stereocenters. The van der Waals surface area contributed by atoms with Crippen molar-refractivity contribution in [2.24, 2.45) is 11.3 Å². The Morgan fingerprint density at radius 1 is 1.58 bits per heavy atom. The third-order valence-corrected chi connectivity index (χ3v) is 4.80. The fourth-order valence-electron chi connectivity index (χ4n) is 3.53. The monoisotopic (exact) mass is 262 g/mol. The fourth-order valence-corrected chi connectivity index (χ4v) is 3.53. The summed E-state index contributed by atoms with van der Waals surface area (Å²) in [5.41, 5.74) is 1.87. The van der Waals surface area contributed by atoms with Crippen molar-refractivity contribution in [1.29, 1.82) is 0 Å². The van der Waals surface area contributed by atoms with Gasteiger partial charge in [-0.1, -0.05) is 38.8 Å². The lowest BCUT2D eigenvalue weighted by atomic mass is 9.63. The summed E-state index contributed by atoms with van der Waals surface area (Å²) in [5.74, 6) is 0.618. The topological polar surface area (TPSA) is 37.3 Å². The molecule has 0 radical (unpaired) electrons. The molecule has 2 aliphatic rings. The van der Waals surface area contributed by atoms with E-state index in [1.165, 1.54) is 0 Å². The second kappa shape index (κ2) is 5.62. The molecule has 0 aromatic heterocycles. The molecule has 0 aliphatic heterocycles. The highest BCUT2D eigenvalue weighted by molar-refractivity contribution is 6.05. The SMILES string of the molecule is CCCC(C)C=C1C[C@@]2(C)C(=CC1=O)CCC[C@@H]2O. The number of fused-ring (bicyclic) bond motifs is 1. The van der Waals surface area contributed by atoms with Crippen molar-refractivity contribution in [3.8, 4) is 0 Å². The summed E-state index contributed by atoms with van der Waals surface area (Å²) in [6.45, 7) is 6.46. The van der Waals surface area contributed by atoms with Crippen LogP contribution in [0.1, 0.15) is 59.3 Å². The van der Waals surface area contributed by atoms with E-state index in [1.54, 1.807) is 6.08 Å². The van der Waals surface area contributed by atoms with Crippen molar-refractivity contribution in [3.05, 3.63) is 23.3 Å². The predicted octanol–water partition coefficient (Wildman–Crippen LogP) is 3.80. The zero-order chi connectivity index (χ0) is 14.0. The molecule has 0 aromatic carbocycles. The lowest BCUT2D eigenvalue weighted by Crippen LogP contribution is -2.41. The van der Waals surface area contributed by atoms with E-state index < -0.39 is 0 Å². The highest BCUT2D eigenvalue weighted by Crippen LogP contribution is 2.48. The number of hydrogen-bond donors (Lipinski definition) is 1. The molecule has 0 spiro atoms. The molecule has 19 heavy (non-hydrogen) atoms. The van der Waals surface area contributed by atoms with E-state index in [4.69, 9.17) is 0 Å². The second-order valence-electron chi connectivity index (χ2n) is 6.49. The molecule has 106 valence electrons. The lowest BCUT2D eigenvalue weighted by molar-refractivity contribution is -0.112. The molecule has 0 bridgehead atoms. The van der Waals surface area contributed by atoms with Crippen molar-refractivity contribution >= 4 is 5.78 Å². The molecule has 2 nitrogen and oxygen atoms in total. The highest BCUT2D eigenvalue weighted by Gasteiger charge is 2.43. The number of ketones is 1. The smallest absolute Gasteiger partial charge is 0.181 e. The summed E-state index contributed by atoms with van der Waals surface area (Å²) in [7, 11) is 0. The van der Waals surface area contributed by atoms with Crippen LogP contribution in [0.2, 0.25) is 0 Å². The molecule has 0 amide bonds. The van der Waals surface area contributed by atoms with Gasteiger partial charge in [0.05, 0.1) is 6.10 Å². The Kier molecular flexibility index (Phi) is 4.29. The molecule has 2 rings (SSSR count). The number of aliphatic hydroxyl groups excluding tert-OH is 1. The molecular weight excluding hydrogens is 236 g/mol. The van der Waals surface area contributed by atoms with Crippen molar-refractivity contribution in [2.75, 3.05) is 0 Å². The first-order chi connectivity index (χ1) is 8.97. The standard InChI is InChI=1S/C17H26O2/c1-4-6-12(2)9-13-11-17(3)14(10-15(13)18)7-5-8-16(17)19/h9-10,12,16,19H,4-8,11H2,1-3H3/t12?,16-,17-/m0/s1. The average Bonchev–Trinajstić information content (AvgIpc) is 2.34. The van der Waals surface area contributed by atoms with Crippen LogP contribution in [0.3, 0.4) is 0 Å². The van der Waals surface area contributed by atoms with Crippen LogP contribution in [0.15, 0.2) is 23.3 Å². The van der Waals surface area contributed by atoms with Gasteiger partial charge in [-0.05, 0) is 49.7 Å². The molecule has 1 fully saturated rings. The second-order valence-corrected chi connectivity index (χ2v) is 6.49. The maximum atomic E-state index is 12.2. The average molecular weight is 262 g/mol. The molecule has 1 saturated carbocycles.